The topological polar surface area (TPSA) is 44.4 Å². The molecule has 1 saturated heterocycles. The molecule has 1 aromatic carbocycles. The standard InChI is InChI=1S/C17H27N3O/c1-18-17(21)16-8-6-15(7-9-16)14-19-10-13-20-11-4-2-3-5-12-20/h6-9,19H,2-5,10-14H2,1H3,(H,18,21). The zero-order chi connectivity index (χ0) is 14.9. The van der Waals surface area contributed by atoms with Crippen LogP contribution in [0.2, 0.25) is 0 Å². The molecule has 2 N–H and O–H groups in total. The van der Waals surface area contributed by atoms with E-state index in [0.717, 1.165) is 19.6 Å². The Kier molecular flexibility index (Phi) is 6.70. The lowest BCUT2D eigenvalue weighted by atomic mass is 10.1. The highest BCUT2D eigenvalue weighted by atomic mass is 16.1. The maximum Gasteiger partial charge on any atom is 0.251 e. The average Bonchev–Trinajstić information content (AvgIpc) is 2.80. The van der Waals surface area contributed by atoms with Crippen molar-refractivity contribution >= 4 is 5.91 Å². The van der Waals surface area contributed by atoms with Crippen molar-refractivity contribution in [3.8, 4) is 0 Å². The molecule has 1 amide bonds. The summed E-state index contributed by atoms with van der Waals surface area (Å²) >= 11 is 0. The van der Waals surface area contributed by atoms with Crippen molar-refractivity contribution in [2.75, 3.05) is 33.2 Å². The Morgan fingerprint density at radius 3 is 2.38 bits per heavy atom. The van der Waals surface area contributed by atoms with Gasteiger partial charge in [-0.25, -0.2) is 0 Å². The van der Waals surface area contributed by atoms with Gasteiger partial charge in [0.15, 0.2) is 0 Å². The first kappa shape index (κ1) is 16.0. The number of rotatable bonds is 6. The molecule has 0 radical (unpaired) electrons. The lowest BCUT2D eigenvalue weighted by Gasteiger charge is -2.19. The molecule has 4 nitrogen and oxygen atoms in total. The summed E-state index contributed by atoms with van der Waals surface area (Å²) in [6.07, 6.45) is 5.48. The van der Waals surface area contributed by atoms with Crippen molar-refractivity contribution in [1.82, 2.24) is 15.5 Å². The number of nitrogens with one attached hydrogen (secondary N) is 2. The largest absolute Gasteiger partial charge is 0.355 e. The lowest BCUT2D eigenvalue weighted by Crippen LogP contribution is -2.32. The normalized spacial score (nSPS) is 16.4. The molecule has 0 bridgehead atoms. The Bertz CT molecular complexity index is 422. The molecule has 0 spiro atoms. The third-order valence-electron chi connectivity index (χ3n) is 4.08. The van der Waals surface area contributed by atoms with Crippen molar-refractivity contribution in [2.24, 2.45) is 0 Å². The summed E-state index contributed by atoms with van der Waals surface area (Å²) in [5, 5.41) is 6.12. The van der Waals surface area contributed by atoms with Crippen molar-refractivity contribution in [3.05, 3.63) is 35.4 Å². The lowest BCUT2D eigenvalue weighted by molar-refractivity contribution is 0.0963. The monoisotopic (exact) mass is 289 g/mol. The molecular formula is C17H27N3O. The van der Waals surface area contributed by atoms with E-state index in [0.29, 0.717) is 5.56 Å². The zero-order valence-electron chi connectivity index (χ0n) is 13.0. The fourth-order valence-corrected chi connectivity index (χ4v) is 2.75. The molecular weight excluding hydrogens is 262 g/mol. The van der Waals surface area contributed by atoms with Crippen molar-refractivity contribution in [1.29, 1.82) is 0 Å². The van der Waals surface area contributed by atoms with Gasteiger partial charge in [-0.15, -0.1) is 0 Å². The molecule has 1 aromatic rings. The Hall–Kier alpha value is -1.39. The van der Waals surface area contributed by atoms with E-state index in [-0.39, 0.29) is 5.91 Å². The minimum absolute atomic E-state index is 0.0318. The molecule has 1 aliphatic heterocycles. The van der Waals surface area contributed by atoms with Gasteiger partial charge in [0.1, 0.15) is 0 Å². The second kappa shape index (κ2) is 8.80. The van der Waals surface area contributed by atoms with Crippen LogP contribution in [0, 0.1) is 0 Å². The second-order valence-corrected chi connectivity index (χ2v) is 5.71. The summed E-state index contributed by atoms with van der Waals surface area (Å²) in [5.74, 6) is -0.0318. The predicted molar refractivity (Wildman–Crippen MR) is 86.4 cm³/mol. The highest BCUT2D eigenvalue weighted by molar-refractivity contribution is 5.93. The third-order valence-corrected chi connectivity index (χ3v) is 4.08. The van der Waals surface area contributed by atoms with Gasteiger partial charge in [-0.2, -0.15) is 0 Å². The van der Waals surface area contributed by atoms with E-state index in [1.807, 2.05) is 24.3 Å². The van der Waals surface area contributed by atoms with Crippen LogP contribution >= 0.6 is 0 Å². The van der Waals surface area contributed by atoms with Gasteiger partial charge in [0, 0.05) is 32.2 Å². The summed E-state index contributed by atoms with van der Waals surface area (Å²) in [6, 6.07) is 7.79. The van der Waals surface area contributed by atoms with Crippen LogP contribution in [0.1, 0.15) is 41.6 Å². The van der Waals surface area contributed by atoms with Crippen LogP contribution in [0.3, 0.4) is 0 Å². The van der Waals surface area contributed by atoms with Gasteiger partial charge in [-0.3, -0.25) is 4.79 Å². The van der Waals surface area contributed by atoms with Crippen LogP contribution in [0.5, 0.6) is 0 Å². The molecule has 1 fully saturated rings. The van der Waals surface area contributed by atoms with Crippen molar-refractivity contribution < 1.29 is 4.79 Å². The molecule has 0 saturated carbocycles. The molecule has 0 atom stereocenters. The average molecular weight is 289 g/mol. The van der Waals surface area contributed by atoms with E-state index >= 15 is 0 Å². The Morgan fingerprint density at radius 1 is 1.10 bits per heavy atom. The first-order valence-corrected chi connectivity index (χ1v) is 8.03. The molecule has 1 aliphatic rings. The van der Waals surface area contributed by atoms with Crippen LogP contribution in [-0.2, 0) is 6.54 Å². The molecule has 0 unspecified atom stereocenters. The first-order valence-electron chi connectivity index (χ1n) is 8.03. The quantitative estimate of drug-likeness (QED) is 0.788. The third kappa shape index (κ3) is 5.48. The van der Waals surface area contributed by atoms with E-state index < -0.39 is 0 Å². The Labute approximate surface area is 127 Å². The van der Waals surface area contributed by atoms with Crippen LogP contribution in [0.15, 0.2) is 24.3 Å². The summed E-state index contributed by atoms with van der Waals surface area (Å²) in [6.45, 7) is 5.53. The second-order valence-electron chi connectivity index (χ2n) is 5.71. The molecule has 116 valence electrons. The highest BCUT2D eigenvalue weighted by Crippen LogP contribution is 2.09. The number of carbonyl (C=O) groups is 1. The number of hydrogen-bond donors (Lipinski definition) is 2. The summed E-state index contributed by atoms with van der Waals surface area (Å²) in [5.41, 5.74) is 1.93. The summed E-state index contributed by atoms with van der Waals surface area (Å²) < 4.78 is 0. The number of nitrogens with zero attached hydrogens (tertiary/aromatic N) is 1. The molecule has 1 heterocycles. The highest BCUT2D eigenvalue weighted by Gasteiger charge is 2.08. The van der Waals surface area contributed by atoms with Gasteiger partial charge in [0.2, 0.25) is 0 Å². The van der Waals surface area contributed by atoms with Crippen LogP contribution in [0.25, 0.3) is 0 Å². The van der Waals surface area contributed by atoms with E-state index in [2.05, 4.69) is 15.5 Å². The van der Waals surface area contributed by atoms with Gasteiger partial charge in [0.05, 0.1) is 0 Å². The van der Waals surface area contributed by atoms with Crippen molar-refractivity contribution in [3.63, 3.8) is 0 Å². The Morgan fingerprint density at radius 2 is 1.76 bits per heavy atom. The fourth-order valence-electron chi connectivity index (χ4n) is 2.75. The summed E-state index contributed by atoms with van der Waals surface area (Å²) in [7, 11) is 1.65. The van der Waals surface area contributed by atoms with Gasteiger partial charge in [-0.05, 0) is 43.6 Å². The van der Waals surface area contributed by atoms with Crippen molar-refractivity contribution in [2.45, 2.75) is 32.2 Å². The zero-order valence-corrected chi connectivity index (χ0v) is 13.0. The maximum absolute atomic E-state index is 11.5. The molecule has 4 heteroatoms. The molecule has 21 heavy (non-hydrogen) atoms. The molecule has 2 rings (SSSR count). The molecule has 0 aliphatic carbocycles. The van der Waals surface area contributed by atoms with Crippen LogP contribution < -0.4 is 10.6 Å². The van der Waals surface area contributed by atoms with E-state index in [4.69, 9.17) is 0 Å². The predicted octanol–water partition coefficient (Wildman–Crippen LogP) is 2.01. The van der Waals surface area contributed by atoms with E-state index in [1.165, 1.54) is 44.3 Å². The fraction of sp³-hybridized carbons (Fsp3) is 0.588. The van der Waals surface area contributed by atoms with E-state index in [9.17, 15) is 4.79 Å². The van der Waals surface area contributed by atoms with Crippen LogP contribution in [0.4, 0.5) is 0 Å². The number of hydrogen-bond acceptors (Lipinski definition) is 3. The number of amides is 1. The minimum atomic E-state index is -0.0318. The van der Waals surface area contributed by atoms with E-state index in [1.54, 1.807) is 7.05 Å². The summed E-state index contributed by atoms with van der Waals surface area (Å²) in [4.78, 5) is 14.0. The maximum atomic E-state index is 11.5. The van der Waals surface area contributed by atoms with Gasteiger partial charge < -0.3 is 15.5 Å². The Balaban J connectivity index is 1.67. The van der Waals surface area contributed by atoms with Crippen LogP contribution in [-0.4, -0.2) is 44.0 Å². The first-order chi connectivity index (χ1) is 10.3. The number of carbonyl (C=O) groups excluding carboxylic acids is 1. The van der Waals surface area contributed by atoms with Gasteiger partial charge >= 0.3 is 0 Å². The van der Waals surface area contributed by atoms with Gasteiger partial charge in [-0.1, -0.05) is 25.0 Å². The number of benzene rings is 1. The SMILES string of the molecule is CNC(=O)c1ccc(CNCCN2CCCCCC2)cc1. The molecule has 0 aromatic heterocycles. The number of likely N-dealkylation sites (tertiary alicyclic amines) is 1. The minimum Gasteiger partial charge on any atom is -0.355 e. The smallest absolute Gasteiger partial charge is 0.251 e. The van der Waals surface area contributed by atoms with Gasteiger partial charge in [0.25, 0.3) is 5.91 Å².